The van der Waals surface area contributed by atoms with Gasteiger partial charge in [0.2, 0.25) is 5.91 Å². The molecule has 17 heavy (non-hydrogen) atoms. The third-order valence-electron chi connectivity index (χ3n) is 3.10. The number of carboxylic acids is 1. The maximum Gasteiger partial charge on any atom is 0.400 e. The van der Waals surface area contributed by atoms with Gasteiger partial charge in [-0.15, -0.1) is 0 Å². The highest BCUT2D eigenvalue weighted by Crippen LogP contribution is 2.30. The Balaban J connectivity index is 2.71. The van der Waals surface area contributed by atoms with E-state index in [1.54, 1.807) is 6.92 Å². The van der Waals surface area contributed by atoms with Gasteiger partial charge in [0.05, 0.1) is 5.92 Å². The number of hydrogen-bond donors (Lipinski definition) is 1. The Labute approximate surface area is 96.4 Å². The van der Waals surface area contributed by atoms with Gasteiger partial charge in [-0.1, -0.05) is 6.92 Å². The Kier molecular flexibility index (Phi) is 3.68. The molecule has 0 radical (unpaired) electrons. The van der Waals surface area contributed by atoms with Gasteiger partial charge in [0, 0.05) is 13.1 Å². The third-order valence-corrected chi connectivity index (χ3v) is 3.10. The van der Waals surface area contributed by atoms with Crippen LogP contribution in [0.1, 0.15) is 13.8 Å². The number of carboxylic acid groups (broad SMARTS) is 1. The molecule has 1 fully saturated rings. The van der Waals surface area contributed by atoms with Crippen molar-refractivity contribution in [1.29, 1.82) is 0 Å². The van der Waals surface area contributed by atoms with Crippen LogP contribution in [0, 0.1) is 17.8 Å². The summed E-state index contributed by atoms with van der Waals surface area (Å²) in [6, 6.07) is 0. The summed E-state index contributed by atoms with van der Waals surface area (Å²) in [6.07, 6.45) is -4.58. The van der Waals surface area contributed by atoms with Crippen molar-refractivity contribution in [2.75, 3.05) is 13.1 Å². The van der Waals surface area contributed by atoms with Crippen molar-refractivity contribution in [2.45, 2.75) is 20.0 Å². The maximum atomic E-state index is 12.3. The number of amides is 1. The zero-order valence-corrected chi connectivity index (χ0v) is 9.49. The number of aliphatic carboxylic acids is 1. The molecule has 0 saturated carbocycles. The predicted molar refractivity (Wildman–Crippen MR) is 52.1 cm³/mol. The van der Waals surface area contributed by atoms with Crippen LogP contribution in [0.15, 0.2) is 0 Å². The van der Waals surface area contributed by atoms with E-state index in [1.807, 2.05) is 0 Å². The second-order valence-electron chi connectivity index (χ2n) is 4.43. The average Bonchev–Trinajstić information content (AvgIpc) is 2.56. The van der Waals surface area contributed by atoms with Crippen LogP contribution < -0.4 is 0 Å². The average molecular weight is 253 g/mol. The van der Waals surface area contributed by atoms with Crippen LogP contribution in [0.5, 0.6) is 0 Å². The van der Waals surface area contributed by atoms with Crippen LogP contribution in [-0.4, -0.2) is 41.1 Å². The topological polar surface area (TPSA) is 57.6 Å². The largest absolute Gasteiger partial charge is 0.481 e. The first-order valence-electron chi connectivity index (χ1n) is 5.23. The molecule has 1 aliphatic rings. The number of carbonyl (C=O) groups is 2. The van der Waals surface area contributed by atoms with E-state index in [2.05, 4.69) is 0 Å². The Morgan fingerprint density at radius 2 is 1.88 bits per heavy atom. The molecule has 1 amide bonds. The zero-order chi connectivity index (χ0) is 13.4. The van der Waals surface area contributed by atoms with Gasteiger partial charge in [-0.05, 0) is 12.8 Å². The standard InChI is InChI=1S/C10H14F3NO3/c1-5-3-14(4-7(5)9(16)17)8(15)6(2)10(11,12)13/h5-7H,3-4H2,1-2H3,(H,16,17)/t5-,6?,7-/m1/s1. The van der Waals surface area contributed by atoms with Gasteiger partial charge < -0.3 is 10.0 Å². The number of nitrogens with zero attached hydrogens (tertiary/aromatic N) is 1. The Hall–Kier alpha value is -1.27. The summed E-state index contributed by atoms with van der Waals surface area (Å²) in [5, 5.41) is 8.82. The number of hydrogen-bond acceptors (Lipinski definition) is 2. The van der Waals surface area contributed by atoms with Gasteiger partial charge in [0.1, 0.15) is 5.92 Å². The number of carbonyl (C=O) groups excluding carboxylic acids is 1. The molecule has 1 N–H and O–H groups in total. The fourth-order valence-electron chi connectivity index (χ4n) is 1.88. The molecule has 0 bridgehead atoms. The van der Waals surface area contributed by atoms with Crippen LogP contribution in [0.3, 0.4) is 0 Å². The van der Waals surface area contributed by atoms with Crippen LogP contribution in [0.4, 0.5) is 13.2 Å². The molecule has 0 aromatic rings. The molecule has 4 nitrogen and oxygen atoms in total. The second kappa shape index (κ2) is 4.54. The van der Waals surface area contributed by atoms with Crippen molar-refractivity contribution < 1.29 is 27.9 Å². The molecule has 98 valence electrons. The highest BCUT2D eigenvalue weighted by atomic mass is 19.4. The van der Waals surface area contributed by atoms with E-state index in [0.29, 0.717) is 0 Å². The van der Waals surface area contributed by atoms with Crippen molar-refractivity contribution in [2.24, 2.45) is 17.8 Å². The van der Waals surface area contributed by atoms with Crippen molar-refractivity contribution in [3.05, 3.63) is 0 Å². The lowest BCUT2D eigenvalue weighted by Crippen LogP contribution is -2.40. The van der Waals surface area contributed by atoms with Crippen LogP contribution in [0.2, 0.25) is 0 Å². The zero-order valence-electron chi connectivity index (χ0n) is 9.49. The summed E-state index contributed by atoms with van der Waals surface area (Å²) in [5.74, 6) is -5.31. The lowest BCUT2D eigenvalue weighted by Gasteiger charge is -2.22. The van der Waals surface area contributed by atoms with Gasteiger partial charge in [0.15, 0.2) is 0 Å². The molecule has 0 aromatic carbocycles. The molecule has 7 heteroatoms. The second-order valence-corrected chi connectivity index (χ2v) is 4.43. The summed E-state index contributed by atoms with van der Waals surface area (Å²) < 4.78 is 37.0. The fourth-order valence-corrected chi connectivity index (χ4v) is 1.88. The first-order chi connectivity index (χ1) is 7.64. The van der Waals surface area contributed by atoms with Crippen LogP contribution in [-0.2, 0) is 9.59 Å². The summed E-state index contributed by atoms with van der Waals surface area (Å²) in [7, 11) is 0. The molecule has 0 aliphatic carbocycles. The molecule has 1 aliphatic heterocycles. The lowest BCUT2D eigenvalue weighted by molar-refractivity contribution is -0.184. The predicted octanol–water partition coefficient (Wildman–Crippen LogP) is 1.36. The van der Waals surface area contributed by atoms with E-state index in [1.165, 1.54) is 0 Å². The monoisotopic (exact) mass is 253 g/mol. The van der Waals surface area contributed by atoms with Gasteiger partial charge in [-0.2, -0.15) is 13.2 Å². The minimum absolute atomic E-state index is 0.0657. The van der Waals surface area contributed by atoms with E-state index >= 15 is 0 Å². The molecule has 3 atom stereocenters. The lowest BCUT2D eigenvalue weighted by atomic mass is 9.99. The number of rotatable bonds is 2. The molecule has 1 heterocycles. The molecule has 1 rings (SSSR count). The SMILES string of the molecule is CC(C(=O)N1C[C@@H](C)[C@H](C(=O)O)C1)C(F)(F)F. The molecule has 0 spiro atoms. The van der Waals surface area contributed by atoms with Crippen LogP contribution >= 0.6 is 0 Å². The highest BCUT2D eigenvalue weighted by molar-refractivity contribution is 5.81. The third kappa shape index (κ3) is 2.89. The van der Waals surface area contributed by atoms with E-state index in [9.17, 15) is 22.8 Å². The van der Waals surface area contributed by atoms with Crippen LogP contribution in [0.25, 0.3) is 0 Å². The van der Waals surface area contributed by atoms with Gasteiger partial charge in [-0.25, -0.2) is 0 Å². The Bertz CT molecular complexity index is 329. The van der Waals surface area contributed by atoms with Crippen molar-refractivity contribution in [3.63, 3.8) is 0 Å². The molecule has 1 unspecified atom stereocenters. The first-order valence-corrected chi connectivity index (χ1v) is 5.23. The number of halogens is 3. The summed E-state index contributed by atoms with van der Waals surface area (Å²) in [5.41, 5.74) is 0. The maximum absolute atomic E-state index is 12.3. The Morgan fingerprint density at radius 1 is 1.35 bits per heavy atom. The minimum Gasteiger partial charge on any atom is -0.481 e. The number of likely N-dealkylation sites (tertiary alicyclic amines) is 1. The summed E-state index contributed by atoms with van der Waals surface area (Å²) in [4.78, 5) is 23.3. The first kappa shape index (κ1) is 13.8. The smallest absolute Gasteiger partial charge is 0.400 e. The van der Waals surface area contributed by atoms with Crippen molar-refractivity contribution in [1.82, 2.24) is 4.90 Å². The molecular weight excluding hydrogens is 239 g/mol. The summed E-state index contributed by atoms with van der Waals surface area (Å²) >= 11 is 0. The number of alkyl halides is 3. The van der Waals surface area contributed by atoms with E-state index in [-0.39, 0.29) is 19.0 Å². The van der Waals surface area contributed by atoms with E-state index < -0.39 is 29.9 Å². The minimum atomic E-state index is -4.58. The van der Waals surface area contributed by atoms with Crippen molar-refractivity contribution in [3.8, 4) is 0 Å². The molecule has 1 saturated heterocycles. The van der Waals surface area contributed by atoms with Crippen molar-refractivity contribution >= 4 is 11.9 Å². The molecule has 0 aromatic heterocycles. The van der Waals surface area contributed by atoms with Gasteiger partial charge >= 0.3 is 12.1 Å². The Morgan fingerprint density at radius 3 is 2.24 bits per heavy atom. The normalized spacial score (nSPS) is 27.0. The fraction of sp³-hybridized carbons (Fsp3) is 0.800. The highest BCUT2D eigenvalue weighted by Gasteiger charge is 2.46. The van der Waals surface area contributed by atoms with E-state index in [4.69, 9.17) is 5.11 Å². The van der Waals surface area contributed by atoms with E-state index in [0.717, 1.165) is 11.8 Å². The van der Waals surface area contributed by atoms with Gasteiger partial charge in [0.25, 0.3) is 0 Å². The quantitative estimate of drug-likeness (QED) is 0.808. The molecular formula is C10H14F3NO3. The van der Waals surface area contributed by atoms with Gasteiger partial charge in [-0.3, -0.25) is 9.59 Å². The summed E-state index contributed by atoms with van der Waals surface area (Å²) in [6.45, 7) is 2.33.